The normalized spacial score (nSPS) is 21.1. The predicted molar refractivity (Wildman–Crippen MR) is 556 cm³/mol. The van der Waals surface area contributed by atoms with Crippen molar-refractivity contribution in [1.82, 2.24) is 20.2 Å². The molecule has 0 aromatic heterocycles. The summed E-state index contributed by atoms with van der Waals surface area (Å²) < 4.78 is 84.2. The molecule has 142 heavy (non-hydrogen) atoms. The van der Waals surface area contributed by atoms with Crippen LogP contribution in [0.4, 0.5) is 0 Å². The molecule has 28 nitrogen and oxygen atoms in total. The van der Waals surface area contributed by atoms with E-state index < -0.39 is 65.3 Å². The first kappa shape index (κ1) is 115. The zero-order chi connectivity index (χ0) is 103. The second kappa shape index (κ2) is 55.3. The van der Waals surface area contributed by atoms with Crippen molar-refractivity contribution in [3.8, 4) is 56.0 Å². The summed E-state index contributed by atoms with van der Waals surface area (Å²) in [5, 5.41) is 3.68. The first-order valence-corrected chi connectivity index (χ1v) is 52.0. The number of carbonyl (C=O) groups excluding carboxylic acids is 8. The standard InChI is InChI=1S/C51H67BN2O10.C39H54BNO7.C16H18N2O6.2C2H6.CH4S/c1-49(2)50(3,4)64-52(63-49)40-17-21-43-42-20-16-39(32-44(42)51(45(43)33-40,35-61-31-29-59-6)24-9-26-60-30-28-58-5)37-14-18-41(19-15-37)62-27-8-7-25-53-48(57)38-12-10-36(11-13-38)34-54-46(55)22-23-47(54)56;1-37(2)38(3,4)48-40(47-37)31-13-17-34-33-16-12-30(29-10-14-32(15-11-29)46-21-8-7-19-41)26-35(33)39(36(34)27-31,28-45-25-23-43-6)18-9-20-44-24-22-42-5;19-12-5-6-13(20)17(12)9-10-1-3-11(4-2-10)16(23)24-18-14(21)7-8-15(18)22;3*1-2/h14-23,32-33,36,38H,7-13,24-31,34-35H2,1-6H3,(H,53,57);10-17,26-27H,7-9,18-25,28,41H2,1-6H3;5-6,10-11H,1-4,7-9H2;2*1-2H3;2H,1H3. The average molecular weight is 1980 g/mol. The molecule has 31 heteroatoms. The van der Waals surface area contributed by atoms with Crippen LogP contribution in [0.2, 0.25) is 0 Å². The first-order valence-electron chi connectivity index (χ1n) is 51.1. The molecule has 2 atom stereocenters. The van der Waals surface area contributed by atoms with E-state index in [0.29, 0.717) is 149 Å². The molecular weight excluding hydrogens is 1820 g/mol. The number of amides is 7. The van der Waals surface area contributed by atoms with E-state index in [2.05, 4.69) is 183 Å². The maximum absolute atomic E-state index is 12.9. The highest BCUT2D eigenvalue weighted by Gasteiger charge is 2.55. The van der Waals surface area contributed by atoms with Gasteiger partial charge in [-0.25, -0.2) is 4.79 Å². The SMILES string of the molecule is CC.CC.COCCOCCCC1(COCCOC)c2cc(B3OC(C)(C)C(C)(C)O3)ccc2-c2ccc(-c3ccc(OCCCCN)cc3)cc21.COCCOCCCC1(COCCOC)c2cc(B3OC(C)(C)C(C)(C)O3)ccc2-c2ccc(-c3ccc(OCCCCNC(=O)C4CCC(CN5C(=O)C=CC5=O)CC4)cc3)cc21.CS.O=C(ON1C(=O)CCC1=O)C1CCC(CN2C(=O)C=CC2=O)CC1. The van der Waals surface area contributed by atoms with Crippen molar-refractivity contribution >= 4 is 85.1 Å². The molecule has 2 unspecified atom stereocenters. The molecule has 15 rings (SSSR count). The molecule has 5 heterocycles. The van der Waals surface area contributed by atoms with E-state index in [0.717, 1.165) is 122 Å². The smallest absolute Gasteiger partial charge is 0.494 e. The minimum absolute atomic E-state index is 0.0214. The lowest BCUT2D eigenvalue weighted by atomic mass is 9.71. The van der Waals surface area contributed by atoms with Crippen LogP contribution in [-0.4, -0.2) is 252 Å². The molecule has 7 amide bonds. The summed E-state index contributed by atoms with van der Waals surface area (Å²) in [5.41, 5.74) is 19.2. The number of rotatable bonds is 46. The highest BCUT2D eigenvalue weighted by molar-refractivity contribution is 7.79. The fourth-order valence-electron chi connectivity index (χ4n) is 19.3. The minimum atomic E-state index is -0.563. The van der Waals surface area contributed by atoms with Crippen molar-refractivity contribution in [2.75, 3.05) is 153 Å². The van der Waals surface area contributed by atoms with Crippen molar-refractivity contribution in [2.24, 2.45) is 29.4 Å². The third-order valence-electron chi connectivity index (χ3n) is 28.7. The molecule has 5 aliphatic heterocycles. The molecule has 0 radical (unpaired) electrons. The number of carbonyl (C=O) groups is 8. The molecular formula is C111H155B2N5O23S. The summed E-state index contributed by atoms with van der Waals surface area (Å²) in [4.78, 5) is 102. The van der Waals surface area contributed by atoms with Gasteiger partial charge in [-0.3, -0.25) is 43.4 Å². The van der Waals surface area contributed by atoms with Crippen molar-refractivity contribution in [1.29, 1.82) is 0 Å². The Morgan fingerprint density at radius 2 is 0.739 bits per heavy atom. The van der Waals surface area contributed by atoms with Gasteiger partial charge in [0.05, 0.1) is 108 Å². The summed E-state index contributed by atoms with van der Waals surface area (Å²) >= 11 is 3.53. The molecule has 4 aliphatic carbocycles. The second-order valence-corrected chi connectivity index (χ2v) is 38.9. The number of hydrogen-bond acceptors (Lipinski definition) is 25. The summed E-state index contributed by atoms with van der Waals surface area (Å²) in [6, 6.07) is 43.6. The number of nitrogens with one attached hydrogen (secondary N) is 1. The Kier molecular flexibility index (Phi) is 44.7. The van der Waals surface area contributed by atoms with Gasteiger partial charge >= 0.3 is 20.2 Å². The van der Waals surface area contributed by atoms with Gasteiger partial charge in [-0.2, -0.15) is 12.6 Å². The number of methoxy groups -OCH3 is 4. The molecule has 3 N–H and O–H groups in total. The number of benzene rings is 6. The maximum atomic E-state index is 12.9. The fourth-order valence-corrected chi connectivity index (χ4v) is 19.3. The minimum Gasteiger partial charge on any atom is -0.494 e. The topological polar surface area (TPSA) is 323 Å². The molecule has 2 saturated carbocycles. The van der Waals surface area contributed by atoms with E-state index in [-0.39, 0.29) is 66.0 Å². The molecule has 0 spiro atoms. The molecule has 9 aliphatic rings. The maximum Gasteiger partial charge on any atom is 0.494 e. The van der Waals surface area contributed by atoms with Gasteiger partial charge in [0.15, 0.2) is 0 Å². The monoisotopic (exact) mass is 1980 g/mol. The molecule has 0 bridgehead atoms. The van der Waals surface area contributed by atoms with Gasteiger partial charge < -0.3 is 81.9 Å². The van der Waals surface area contributed by atoms with Gasteiger partial charge in [0.1, 0.15) is 11.5 Å². The number of thiol groups is 1. The molecule has 6 aromatic rings. The Bertz CT molecular complexity index is 5090. The quantitative estimate of drug-likeness (QED) is 0.0138. The summed E-state index contributed by atoms with van der Waals surface area (Å²) in [6.07, 6.45) is 19.6. The van der Waals surface area contributed by atoms with E-state index >= 15 is 0 Å². The van der Waals surface area contributed by atoms with E-state index in [1.165, 1.54) is 78.6 Å². The summed E-state index contributed by atoms with van der Waals surface area (Å²) in [7, 11) is 5.83. The van der Waals surface area contributed by atoms with Crippen LogP contribution in [0, 0.1) is 23.7 Å². The van der Waals surface area contributed by atoms with Crippen molar-refractivity contribution in [2.45, 2.75) is 232 Å². The number of ether oxygens (including phenoxy) is 10. The molecule has 3 saturated heterocycles. The zero-order valence-electron chi connectivity index (χ0n) is 87.0. The fraction of sp³-hybridized carbons (Fsp3) is 0.568. The Morgan fingerprint density at radius 1 is 0.401 bits per heavy atom. The van der Waals surface area contributed by atoms with Crippen LogP contribution < -0.4 is 31.4 Å². The van der Waals surface area contributed by atoms with E-state index in [4.69, 9.17) is 76.6 Å². The summed E-state index contributed by atoms with van der Waals surface area (Å²) in [5.74, 6) is -0.833. The predicted octanol–water partition coefficient (Wildman–Crippen LogP) is 16.1. The Hall–Kier alpha value is -9.28. The lowest BCUT2D eigenvalue weighted by molar-refractivity contribution is -0.201. The van der Waals surface area contributed by atoms with E-state index in [9.17, 15) is 38.4 Å². The van der Waals surface area contributed by atoms with Crippen LogP contribution in [0.25, 0.3) is 44.5 Å². The number of nitrogens with two attached hydrogens (primary N) is 1. The van der Waals surface area contributed by atoms with Crippen LogP contribution >= 0.6 is 12.6 Å². The van der Waals surface area contributed by atoms with Crippen LogP contribution in [-0.2, 0) is 111 Å². The Labute approximate surface area is 848 Å². The first-order chi connectivity index (χ1) is 68.5. The van der Waals surface area contributed by atoms with Gasteiger partial charge in [-0.15, -0.1) is 5.06 Å². The number of nitrogens with zero attached hydrogens (tertiary/aromatic N) is 3. The van der Waals surface area contributed by atoms with Gasteiger partial charge in [0, 0.05) is 115 Å². The number of hydroxylamine groups is 2. The zero-order valence-corrected chi connectivity index (χ0v) is 87.9. The third kappa shape index (κ3) is 29.1. The molecule has 6 aromatic carbocycles. The summed E-state index contributed by atoms with van der Waals surface area (Å²) in [6.45, 7) is 34.5. The Balaban J connectivity index is 0.000000232. The van der Waals surface area contributed by atoms with Crippen LogP contribution in [0.15, 0.2) is 146 Å². The van der Waals surface area contributed by atoms with Crippen LogP contribution in [0.1, 0.15) is 221 Å². The lowest BCUT2D eigenvalue weighted by Gasteiger charge is -2.33. The molecule has 5 fully saturated rings. The number of unbranched alkanes of at least 4 members (excludes halogenated alkanes) is 2. The number of imide groups is 3. The van der Waals surface area contributed by atoms with Crippen LogP contribution in [0.3, 0.4) is 0 Å². The van der Waals surface area contributed by atoms with Gasteiger partial charge in [0.2, 0.25) is 5.91 Å². The van der Waals surface area contributed by atoms with Gasteiger partial charge in [0.25, 0.3) is 35.4 Å². The lowest BCUT2D eigenvalue weighted by Crippen LogP contribution is -2.41. The third-order valence-corrected chi connectivity index (χ3v) is 28.7. The largest absolute Gasteiger partial charge is 0.494 e. The van der Waals surface area contributed by atoms with E-state index in [1.54, 1.807) is 34.7 Å². The van der Waals surface area contributed by atoms with Crippen LogP contribution in [0.5, 0.6) is 11.5 Å². The highest BCUT2D eigenvalue weighted by atomic mass is 32.1. The molecule has 774 valence electrons. The number of fused-ring (bicyclic) bond motifs is 6. The highest BCUT2D eigenvalue weighted by Crippen LogP contribution is 2.55. The number of hydrogen-bond donors (Lipinski definition) is 3. The second-order valence-electron chi connectivity index (χ2n) is 38.9. The van der Waals surface area contributed by atoms with Crippen molar-refractivity contribution in [3.05, 3.63) is 168 Å². The van der Waals surface area contributed by atoms with Gasteiger partial charge in [-0.1, -0.05) is 113 Å². The average Bonchev–Trinajstić information content (AvgIpc) is 1.56. The Morgan fingerprint density at radius 3 is 1.11 bits per heavy atom. The van der Waals surface area contributed by atoms with Crippen molar-refractivity contribution < 1.29 is 109 Å². The van der Waals surface area contributed by atoms with Gasteiger partial charge in [-0.05, 0) is 297 Å². The van der Waals surface area contributed by atoms with Crippen molar-refractivity contribution in [3.63, 3.8) is 0 Å². The van der Waals surface area contributed by atoms with E-state index in [1.807, 2.05) is 39.8 Å².